The first-order chi connectivity index (χ1) is 32.8. The smallest absolute Gasteiger partial charge is 0.336 e. The second-order valence-electron chi connectivity index (χ2n) is 17.2. The molecular weight excluding hydrogens is 879 g/mol. The Morgan fingerprint density at radius 1 is 0.388 bits per heavy atom. The molecule has 0 aliphatic carbocycles. The van der Waals surface area contributed by atoms with Crippen LogP contribution in [-0.4, -0.2) is 211 Å². The van der Waals surface area contributed by atoms with E-state index in [0.717, 1.165) is 44.9 Å². The second-order valence-corrected chi connectivity index (χ2v) is 17.2. The van der Waals surface area contributed by atoms with Gasteiger partial charge in [-0.2, -0.15) is 0 Å². The molecule has 0 aromatic heterocycles. The van der Waals surface area contributed by atoms with Gasteiger partial charge in [-0.05, 0) is 70.6 Å². The predicted octanol–water partition coefficient (Wildman–Crippen LogP) is 4.88. The maximum atomic E-state index is 13.6. The molecule has 1 aliphatic heterocycles. The Kier molecular flexibility index (Phi) is 41.4. The topological polar surface area (TPSA) is 193 Å². The Bertz CT molecular complexity index is 1100. The van der Waals surface area contributed by atoms with E-state index in [1.54, 1.807) is 42.7 Å². The summed E-state index contributed by atoms with van der Waals surface area (Å²) in [5.74, 6) is -2.23. The first kappa shape index (κ1) is 63.1. The Hall–Kier alpha value is -1.95. The number of amides is 2. The number of carbonyl (C=O) groups excluding carboxylic acids is 3. The van der Waals surface area contributed by atoms with Crippen molar-refractivity contribution in [1.29, 1.82) is 0 Å². The molecule has 19 heteroatoms. The van der Waals surface area contributed by atoms with Crippen LogP contribution in [0.15, 0.2) is 0 Å². The van der Waals surface area contributed by atoms with Crippen LogP contribution in [0.5, 0.6) is 0 Å². The number of hydrogen-bond acceptors (Lipinski definition) is 18. The molecule has 0 radical (unpaired) electrons. The maximum absolute atomic E-state index is 13.6. The SMILES string of the molecule is COCCCCOCC(COCCCOC)(COCCCOC)COCCCC(CCCCOCC(COCCCOC)(COCCCOC)COCCCOC)C(=O)ON1C(=O)CCC1=O. The summed E-state index contributed by atoms with van der Waals surface area (Å²) in [6.45, 7) is 10.4. The lowest BCUT2D eigenvalue weighted by atomic mass is 9.92. The molecule has 1 heterocycles. The summed E-state index contributed by atoms with van der Waals surface area (Å²) < 4.78 is 80.6. The van der Waals surface area contributed by atoms with E-state index in [2.05, 4.69) is 0 Å². The standard InChI is InChI=1S/C48H91NO18/c1-53-21-9-10-28-60-36-47(38-62-30-12-22-54-2,39-63-31-13-23-55-3)37-61-29-11-18-43(46(52)67-49-44(50)19-20-45(49)51)17-7-8-27-59-35-48(40-64-32-14-24-56-4,41-65-33-15-25-57-5)42-66-34-16-26-58-6/h43H,7-42H2,1-6H3. The van der Waals surface area contributed by atoms with Crippen LogP contribution in [0.1, 0.15) is 89.9 Å². The van der Waals surface area contributed by atoms with Crippen molar-refractivity contribution in [2.45, 2.75) is 89.9 Å². The minimum Gasteiger partial charge on any atom is -0.385 e. The van der Waals surface area contributed by atoms with Crippen LogP contribution in [0.25, 0.3) is 0 Å². The highest BCUT2D eigenvalue weighted by Gasteiger charge is 2.36. The average molecular weight is 970 g/mol. The summed E-state index contributed by atoms with van der Waals surface area (Å²) in [5.41, 5.74) is -1.15. The Balaban J connectivity index is 3.01. The van der Waals surface area contributed by atoms with Crippen LogP contribution >= 0.6 is 0 Å². The van der Waals surface area contributed by atoms with Crippen molar-refractivity contribution in [2.24, 2.45) is 16.7 Å². The van der Waals surface area contributed by atoms with E-state index < -0.39 is 34.5 Å². The molecule has 19 nitrogen and oxygen atoms in total. The Labute approximate surface area is 402 Å². The van der Waals surface area contributed by atoms with Gasteiger partial charge in [-0.1, -0.05) is 6.42 Å². The van der Waals surface area contributed by atoms with Crippen LogP contribution < -0.4 is 0 Å². The number of ether oxygens (including phenoxy) is 14. The highest BCUT2D eigenvalue weighted by Crippen LogP contribution is 2.25. The zero-order chi connectivity index (χ0) is 48.9. The molecule has 1 unspecified atom stereocenters. The molecular formula is C48H91NO18. The number of nitrogens with zero attached hydrogens (tertiary/aromatic N) is 1. The first-order valence-electron chi connectivity index (χ1n) is 24.4. The summed E-state index contributed by atoms with van der Waals surface area (Å²) >= 11 is 0. The molecule has 0 aromatic carbocycles. The van der Waals surface area contributed by atoms with E-state index >= 15 is 0 Å². The van der Waals surface area contributed by atoms with Crippen molar-refractivity contribution >= 4 is 17.8 Å². The van der Waals surface area contributed by atoms with Gasteiger partial charge >= 0.3 is 5.97 Å². The molecule has 0 N–H and O–H groups in total. The first-order valence-corrected chi connectivity index (χ1v) is 24.4. The van der Waals surface area contributed by atoms with Crippen molar-refractivity contribution in [3.05, 3.63) is 0 Å². The third-order valence-electron chi connectivity index (χ3n) is 10.8. The fourth-order valence-corrected chi connectivity index (χ4v) is 7.02. The zero-order valence-electron chi connectivity index (χ0n) is 42.3. The van der Waals surface area contributed by atoms with Gasteiger partial charge in [-0.3, -0.25) is 9.59 Å². The quantitative estimate of drug-likeness (QED) is 0.0591. The van der Waals surface area contributed by atoms with Gasteiger partial charge in [0.05, 0.1) is 69.6 Å². The molecule has 1 saturated heterocycles. The number of hydrogen-bond donors (Lipinski definition) is 0. The molecule has 1 atom stereocenters. The number of unbranched alkanes of at least 4 members (excludes halogenated alkanes) is 2. The average Bonchev–Trinajstić information content (AvgIpc) is 3.64. The van der Waals surface area contributed by atoms with E-state index in [1.807, 2.05) is 0 Å². The fourth-order valence-electron chi connectivity index (χ4n) is 7.02. The molecule has 2 amide bonds. The molecule has 1 fully saturated rings. The van der Waals surface area contributed by atoms with Gasteiger partial charge in [-0.25, -0.2) is 4.79 Å². The van der Waals surface area contributed by atoms with Crippen molar-refractivity contribution < 1.29 is 85.5 Å². The van der Waals surface area contributed by atoms with Gasteiger partial charge in [0, 0.05) is 148 Å². The summed E-state index contributed by atoms with van der Waals surface area (Å²) in [6, 6.07) is 0. The lowest BCUT2D eigenvalue weighted by Crippen LogP contribution is -2.42. The van der Waals surface area contributed by atoms with Gasteiger partial charge in [0.1, 0.15) is 0 Å². The van der Waals surface area contributed by atoms with Crippen molar-refractivity contribution in [1.82, 2.24) is 5.06 Å². The van der Waals surface area contributed by atoms with E-state index in [4.69, 9.17) is 71.2 Å². The van der Waals surface area contributed by atoms with Gasteiger partial charge in [0.2, 0.25) is 0 Å². The van der Waals surface area contributed by atoms with Gasteiger partial charge in [0.25, 0.3) is 11.8 Å². The van der Waals surface area contributed by atoms with E-state index in [-0.39, 0.29) is 12.8 Å². The minimum absolute atomic E-state index is 0.0167. The zero-order valence-corrected chi connectivity index (χ0v) is 42.3. The lowest BCUT2D eigenvalue weighted by Gasteiger charge is -2.33. The molecule has 0 spiro atoms. The number of hydroxylamine groups is 2. The summed E-state index contributed by atoms with van der Waals surface area (Å²) in [4.78, 5) is 43.8. The number of rotatable bonds is 52. The van der Waals surface area contributed by atoms with Crippen LogP contribution in [-0.2, 0) is 85.5 Å². The van der Waals surface area contributed by atoms with E-state index in [1.165, 1.54) is 0 Å². The normalized spacial score (nSPS) is 13.9. The van der Waals surface area contributed by atoms with Crippen LogP contribution in [0, 0.1) is 16.7 Å². The molecule has 0 aromatic rings. The summed E-state index contributed by atoms with van der Waals surface area (Å²) in [5, 5.41) is 0.615. The van der Waals surface area contributed by atoms with Crippen LogP contribution in [0.3, 0.4) is 0 Å². The summed E-state index contributed by atoms with van der Waals surface area (Å²) in [7, 11) is 10.0. The van der Waals surface area contributed by atoms with Gasteiger partial charge in [0.15, 0.2) is 0 Å². The molecule has 67 heavy (non-hydrogen) atoms. The van der Waals surface area contributed by atoms with Crippen molar-refractivity contribution in [3.8, 4) is 0 Å². The molecule has 0 bridgehead atoms. The van der Waals surface area contributed by atoms with Crippen LogP contribution in [0.4, 0.5) is 0 Å². The maximum Gasteiger partial charge on any atom is 0.336 e. The van der Waals surface area contributed by atoms with Crippen molar-refractivity contribution in [2.75, 3.05) is 188 Å². The highest BCUT2D eigenvalue weighted by atomic mass is 16.7. The number of carbonyl (C=O) groups is 3. The van der Waals surface area contributed by atoms with Crippen molar-refractivity contribution in [3.63, 3.8) is 0 Å². The number of imide groups is 1. The predicted molar refractivity (Wildman–Crippen MR) is 249 cm³/mol. The highest BCUT2D eigenvalue weighted by molar-refractivity contribution is 6.01. The minimum atomic E-state index is -0.615. The van der Waals surface area contributed by atoms with E-state index in [0.29, 0.717) is 183 Å². The molecule has 0 saturated carbocycles. The molecule has 1 aliphatic rings. The monoisotopic (exact) mass is 970 g/mol. The Morgan fingerprint density at radius 3 is 0.970 bits per heavy atom. The van der Waals surface area contributed by atoms with Gasteiger partial charge in [-0.15, -0.1) is 5.06 Å². The van der Waals surface area contributed by atoms with Gasteiger partial charge < -0.3 is 71.2 Å². The summed E-state index contributed by atoms with van der Waals surface area (Å²) in [6.07, 6.45) is 8.24. The third-order valence-corrected chi connectivity index (χ3v) is 10.8. The molecule has 396 valence electrons. The number of methoxy groups -OCH3 is 6. The van der Waals surface area contributed by atoms with Crippen LogP contribution in [0.2, 0.25) is 0 Å². The second kappa shape index (κ2) is 44.0. The molecule has 1 rings (SSSR count). The third kappa shape index (κ3) is 32.5. The largest absolute Gasteiger partial charge is 0.385 e. The fraction of sp³-hybridized carbons (Fsp3) is 0.938. The Morgan fingerprint density at radius 2 is 0.642 bits per heavy atom. The lowest BCUT2D eigenvalue weighted by molar-refractivity contribution is -0.201. The van der Waals surface area contributed by atoms with E-state index in [9.17, 15) is 14.4 Å².